The minimum Gasteiger partial charge on any atom is -0.394 e. The van der Waals surface area contributed by atoms with Gasteiger partial charge in [-0.15, -0.1) is 0 Å². The largest absolute Gasteiger partial charge is 0.394 e. The molecule has 2 fully saturated rings. The number of nitrogens with zero attached hydrogens (tertiary/aromatic N) is 3. The van der Waals surface area contributed by atoms with Crippen molar-refractivity contribution in [3.63, 3.8) is 0 Å². The smallest absolute Gasteiger partial charge is 0.246 e. The zero-order valence-electron chi connectivity index (χ0n) is 10.1. The van der Waals surface area contributed by atoms with Gasteiger partial charge in [0.2, 0.25) is 10.0 Å². The van der Waals surface area contributed by atoms with E-state index in [0.29, 0.717) is 19.0 Å². The zero-order valence-corrected chi connectivity index (χ0v) is 10.9. The summed E-state index contributed by atoms with van der Waals surface area (Å²) in [6, 6.07) is 0.182. The Kier molecular flexibility index (Phi) is 2.91. The summed E-state index contributed by atoms with van der Waals surface area (Å²) in [6.45, 7) is 0.926. The minimum atomic E-state index is -3.40. The van der Waals surface area contributed by atoms with Gasteiger partial charge >= 0.3 is 0 Å². The molecular formula is C11H17N3O3S. The highest BCUT2D eigenvalue weighted by atomic mass is 32.2. The predicted octanol–water partition coefficient (Wildman–Crippen LogP) is 0.0484. The molecule has 1 saturated heterocycles. The van der Waals surface area contributed by atoms with Crippen LogP contribution in [-0.2, 0) is 16.6 Å². The van der Waals surface area contributed by atoms with Gasteiger partial charge in [-0.05, 0) is 25.2 Å². The molecule has 18 heavy (non-hydrogen) atoms. The topological polar surface area (TPSA) is 75.4 Å². The third-order valence-electron chi connectivity index (χ3n) is 3.90. The second-order valence-electron chi connectivity index (χ2n) is 5.07. The molecule has 100 valence electrons. The summed E-state index contributed by atoms with van der Waals surface area (Å²) in [5.41, 5.74) is 0. The maximum Gasteiger partial charge on any atom is 0.246 e. The number of fused-ring (bicyclic) bond motifs is 2. The van der Waals surface area contributed by atoms with Crippen LogP contribution >= 0.6 is 0 Å². The molecular weight excluding hydrogens is 254 g/mol. The first-order valence-corrected chi connectivity index (χ1v) is 7.70. The van der Waals surface area contributed by atoms with Crippen molar-refractivity contribution in [2.24, 2.45) is 5.92 Å². The van der Waals surface area contributed by atoms with Gasteiger partial charge < -0.3 is 5.11 Å². The fourth-order valence-electron chi connectivity index (χ4n) is 3.01. The van der Waals surface area contributed by atoms with Crippen molar-refractivity contribution in [2.45, 2.75) is 36.7 Å². The van der Waals surface area contributed by atoms with E-state index in [2.05, 4.69) is 5.10 Å². The van der Waals surface area contributed by atoms with Gasteiger partial charge in [-0.25, -0.2) is 8.42 Å². The first kappa shape index (κ1) is 12.1. The lowest BCUT2D eigenvalue weighted by Crippen LogP contribution is -2.37. The van der Waals surface area contributed by atoms with Gasteiger partial charge in [0.15, 0.2) is 0 Å². The number of hydrogen-bond acceptors (Lipinski definition) is 4. The van der Waals surface area contributed by atoms with Crippen LogP contribution in [0.2, 0.25) is 0 Å². The molecule has 7 heteroatoms. The van der Waals surface area contributed by atoms with E-state index >= 15 is 0 Å². The first-order chi connectivity index (χ1) is 8.61. The van der Waals surface area contributed by atoms with Crippen molar-refractivity contribution < 1.29 is 13.5 Å². The standard InChI is InChI=1S/C11H17N3O3S/c15-4-3-13-8-11(6-12-13)18(16,17)14-7-9-1-2-10(14)5-9/h6,8-10,15H,1-5,7H2. The molecule has 1 saturated carbocycles. The molecule has 2 heterocycles. The van der Waals surface area contributed by atoms with Crippen LogP contribution in [0.15, 0.2) is 17.3 Å². The summed E-state index contributed by atoms with van der Waals surface area (Å²) in [4.78, 5) is 0.239. The van der Waals surface area contributed by atoms with E-state index in [1.807, 2.05) is 0 Å². The molecule has 1 N–H and O–H groups in total. The number of aromatic nitrogens is 2. The van der Waals surface area contributed by atoms with E-state index in [4.69, 9.17) is 5.11 Å². The summed E-state index contributed by atoms with van der Waals surface area (Å²) < 4.78 is 28.0. The molecule has 6 nitrogen and oxygen atoms in total. The van der Waals surface area contributed by atoms with Gasteiger partial charge in [-0.3, -0.25) is 4.68 Å². The molecule has 0 spiro atoms. The summed E-state index contributed by atoms with van der Waals surface area (Å²) in [5.74, 6) is 0.539. The SMILES string of the molecule is O=S(=O)(c1cnn(CCO)c1)N1CC2CCC1C2. The summed E-state index contributed by atoms with van der Waals surface area (Å²) in [7, 11) is -3.40. The Bertz CT molecular complexity index is 539. The third kappa shape index (κ3) is 1.86. The lowest BCUT2D eigenvalue weighted by atomic mass is 10.1. The zero-order chi connectivity index (χ0) is 12.8. The minimum absolute atomic E-state index is 0.0461. The summed E-state index contributed by atoms with van der Waals surface area (Å²) >= 11 is 0. The molecule has 1 aromatic rings. The molecule has 2 aliphatic rings. The lowest BCUT2D eigenvalue weighted by molar-refractivity contribution is 0.269. The van der Waals surface area contributed by atoms with Crippen molar-refractivity contribution in [3.05, 3.63) is 12.4 Å². The van der Waals surface area contributed by atoms with Crippen LogP contribution in [0.1, 0.15) is 19.3 Å². The van der Waals surface area contributed by atoms with Gasteiger partial charge in [-0.1, -0.05) is 0 Å². The number of piperidine rings is 1. The van der Waals surface area contributed by atoms with E-state index in [-0.39, 0.29) is 17.5 Å². The van der Waals surface area contributed by atoms with Crippen LogP contribution in [0.3, 0.4) is 0 Å². The molecule has 1 aromatic heterocycles. The fourth-order valence-corrected chi connectivity index (χ4v) is 4.71. The highest BCUT2D eigenvalue weighted by molar-refractivity contribution is 7.89. The Morgan fingerprint density at radius 3 is 2.89 bits per heavy atom. The second kappa shape index (κ2) is 4.32. The Morgan fingerprint density at radius 1 is 1.44 bits per heavy atom. The van der Waals surface area contributed by atoms with Gasteiger partial charge in [0.25, 0.3) is 0 Å². The van der Waals surface area contributed by atoms with Crippen LogP contribution in [0.4, 0.5) is 0 Å². The van der Waals surface area contributed by atoms with Crippen LogP contribution in [0.5, 0.6) is 0 Å². The van der Waals surface area contributed by atoms with Gasteiger partial charge in [-0.2, -0.15) is 9.40 Å². The molecule has 2 unspecified atom stereocenters. The molecule has 2 bridgehead atoms. The number of hydrogen-bond donors (Lipinski definition) is 1. The summed E-state index contributed by atoms with van der Waals surface area (Å²) in [6.07, 6.45) is 6.01. The maximum absolute atomic E-state index is 12.5. The quantitative estimate of drug-likeness (QED) is 0.839. The van der Waals surface area contributed by atoms with Crippen molar-refractivity contribution >= 4 is 10.0 Å². The predicted molar refractivity (Wildman–Crippen MR) is 64.3 cm³/mol. The second-order valence-corrected chi connectivity index (χ2v) is 6.96. The van der Waals surface area contributed by atoms with Gasteiger partial charge in [0, 0.05) is 18.8 Å². The molecule has 2 atom stereocenters. The fraction of sp³-hybridized carbons (Fsp3) is 0.727. The van der Waals surface area contributed by atoms with Crippen molar-refractivity contribution in [3.8, 4) is 0 Å². The van der Waals surface area contributed by atoms with Crippen LogP contribution in [0, 0.1) is 5.92 Å². The third-order valence-corrected chi connectivity index (χ3v) is 5.78. The van der Waals surface area contributed by atoms with Crippen LogP contribution in [0.25, 0.3) is 0 Å². The number of aliphatic hydroxyl groups is 1. The van der Waals surface area contributed by atoms with Gasteiger partial charge in [0.1, 0.15) is 4.90 Å². The van der Waals surface area contributed by atoms with E-state index < -0.39 is 10.0 Å². The molecule has 0 aromatic carbocycles. The monoisotopic (exact) mass is 271 g/mol. The molecule has 0 radical (unpaired) electrons. The molecule has 0 amide bonds. The molecule has 1 aliphatic heterocycles. The average Bonchev–Trinajstić information content (AvgIpc) is 3.04. The first-order valence-electron chi connectivity index (χ1n) is 6.26. The van der Waals surface area contributed by atoms with Crippen LogP contribution < -0.4 is 0 Å². The normalized spacial score (nSPS) is 28.1. The molecule has 1 aliphatic carbocycles. The Hall–Kier alpha value is -0.920. The van der Waals surface area contributed by atoms with E-state index in [9.17, 15) is 8.42 Å². The highest BCUT2D eigenvalue weighted by Crippen LogP contribution is 2.40. The Balaban J connectivity index is 1.85. The van der Waals surface area contributed by atoms with Gasteiger partial charge in [0.05, 0.1) is 19.3 Å². The van der Waals surface area contributed by atoms with Crippen molar-refractivity contribution in [1.29, 1.82) is 0 Å². The Morgan fingerprint density at radius 2 is 2.28 bits per heavy atom. The summed E-state index contributed by atoms with van der Waals surface area (Å²) in [5, 5.41) is 12.8. The average molecular weight is 271 g/mol. The van der Waals surface area contributed by atoms with Crippen LogP contribution in [-0.4, -0.2) is 46.8 Å². The number of sulfonamides is 1. The maximum atomic E-state index is 12.5. The van der Waals surface area contributed by atoms with Crippen molar-refractivity contribution in [2.75, 3.05) is 13.2 Å². The molecule has 3 rings (SSSR count). The van der Waals surface area contributed by atoms with E-state index in [0.717, 1.165) is 19.3 Å². The van der Waals surface area contributed by atoms with E-state index in [1.54, 1.807) is 4.31 Å². The lowest BCUT2D eigenvalue weighted by Gasteiger charge is -2.25. The number of rotatable bonds is 4. The Labute approximate surface area is 106 Å². The van der Waals surface area contributed by atoms with Crippen molar-refractivity contribution in [1.82, 2.24) is 14.1 Å². The number of aliphatic hydroxyl groups excluding tert-OH is 1. The highest BCUT2D eigenvalue weighted by Gasteiger charge is 2.44. The van der Waals surface area contributed by atoms with E-state index in [1.165, 1.54) is 17.1 Å².